The lowest BCUT2D eigenvalue weighted by molar-refractivity contribution is 0.330. The first-order valence-electron chi connectivity index (χ1n) is 7.83. The third kappa shape index (κ3) is 3.16. The van der Waals surface area contributed by atoms with E-state index in [0.29, 0.717) is 5.92 Å². The Morgan fingerprint density at radius 1 is 1.14 bits per heavy atom. The Morgan fingerprint density at radius 3 is 2.71 bits per heavy atom. The summed E-state index contributed by atoms with van der Waals surface area (Å²) in [7, 11) is 0. The maximum atomic E-state index is 13.5. The Kier molecular flexibility index (Phi) is 4.35. The van der Waals surface area contributed by atoms with Gasteiger partial charge in [0.15, 0.2) is 0 Å². The minimum atomic E-state index is -0.147. The summed E-state index contributed by atoms with van der Waals surface area (Å²) in [6.45, 7) is 3.02. The Bertz CT molecular complexity index is 608. The van der Waals surface area contributed by atoms with Crippen molar-refractivity contribution in [1.82, 2.24) is 5.32 Å². The number of aryl methyl sites for hydroxylation is 1. The molecular weight excluding hydrogens is 261 g/mol. The van der Waals surface area contributed by atoms with E-state index in [2.05, 4.69) is 36.5 Å². The molecule has 0 heterocycles. The molecule has 21 heavy (non-hydrogen) atoms. The van der Waals surface area contributed by atoms with E-state index < -0.39 is 0 Å². The number of hydrogen-bond acceptors (Lipinski definition) is 1. The van der Waals surface area contributed by atoms with Crippen LogP contribution in [0, 0.1) is 11.7 Å². The van der Waals surface area contributed by atoms with E-state index in [1.54, 1.807) is 6.07 Å². The predicted octanol–water partition coefficient (Wildman–Crippen LogP) is 4.28. The van der Waals surface area contributed by atoms with Crippen molar-refractivity contribution < 1.29 is 4.39 Å². The van der Waals surface area contributed by atoms with Gasteiger partial charge in [-0.3, -0.25) is 0 Å². The van der Waals surface area contributed by atoms with E-state index in [1.165, 1.54) is 17.2 Å². The van der Waals surface area contributed by atoms with Crippen molar-refractivity contribution >= 4 is 0 Å². The van der Waals surface area contributed by atoms with E-state index in [9.17, 15) is 4.39 Å². The van der Waals surface area contributed by atoms with Crippen LogP contribution in [0.15, 0.2) is 48.5 Å². The maximum Gasteiger partial charge on any atom is 0.123 e. The molecule has 0 aliphatic heterocycles. The first-order valence-corrected chi connectivity index (χ1v) is 7.83. The van der Waals surface area contributed by atoms with Gasteiger partial charge >= 0.3 is 0 Å². The van der Waals surface area contributed by atoms with E-state index in [4.69, 9.17) is 0 Å². The molecule has 2 unspecified atom stereocenters. The molecule has 1 N–H and O–H groups in total. The molecule has 0 fully saturated rings. The van der Waals surface area contributed by atoms with Crippen LogP contribution in [0.2, 0.25) is 0 Å². The molecule has 2 atom stereocenters. The molecule has 0 aromatic heterocycles. The minimum Gasteiger partial charge on any atom is -0.310 e. The van der Waals surface area contributed by atoms with Gasteiger partial charge in [0.25, 0.3) is 0 Å². The van der Waals surface area contributed by atoms with E-state index in [1.807, 2.05) is 12.1 Å². The standard InChI is InChI=1S/C19H22FN/c1-2-21-19(16-8-5-9-18(20)13-16)17-11-10-14-6-3-4-7-15(14)12-17/h3-9,13,17,19,21H,2,10-12H2,1H3. The molecule has 3 rings (SSSR count). The molecule has 0 amide bonds. The van der Waals surface area contributed by atoms with E-state index in [0.717, 1.165) is 31.4 Å². The van der Waals surface area contributed by atoms with Crippen molar-refractivity contribution in [3.8, 4) is 0 Å². The van der Waals surface area contributed by atoms with Gasteiger partial charge in [0.2, 0.25) is 0 Å². The van der Waals surface area contributed by atoms with Crippen molar-refractivity contribution in [3.63, 3.8) is 0 Å². The maximum absolute atomic E-state index is 13.5. The highest BCUT2D eigenvalue weighted by Crippen LogP contribution is 2.34. The Balaban J connectivity index is 1.85. The number of fused-ring (bicyclic) bond motifs is 1. The number of hydrogen-bond donors (Lipinski definition) is 1. The van der Waals surface area contributed by atoms with Crippen molar-refractivity contribution in [1.29, 1.82) is 0 Å². The smallest absolute Gasteiger partial charge is 0.123 e. The fourth-order valence-corrected chi connectivity index (χ4v) is 3.49. The first-order chi connectivity index (χ1) is 10.3. The Labute approximate surface area is 126 Å². The molecule has 2 aromatic carbocycles. The molecule has 2 heteroatoms. The Hall–Kier alpha value is -1.67. The monoisotopic (exact) mass is 283 g/mol. The van der Waals surface area contributed by atoms with Gasteiger partial charge in [-0.2, -0.15) is 0 Å². The van der Waals surface area contributed by atoms with Gasteiger partial charge in [0.1, 0.15) is 5.82 Å². The second kappa shape index (κ2) is 6.40. The third-order valence-electron chi connectivity index (χ3n) is 4.49. The van der Waals surface area contributed by atoms with Gasteiger partial charge in [-0.05, 0) is 60.5 Å². The van der Waals surface area contributed by atoms with Gasteiger partial charge in [0, 0.05) is 6.04 Å². The average Bonchev–Trinajstić information content (AvgIpc) is 2.52. The summed E-state index contributed by atoms with van der Waals surface area (Å²) in [6, 6.07) is 16.0. The van der Waals surface area contributed by atoms with Gasteiger partial charge in [-0.15, -0.1) is 0 Å². The van der Waals surface area contributed by atoms with Gasteiger partial charge in [0.05, 0.1) is 0 Å². The molecule has 110 valence electrons. The van der Waals surface area contributed by atoms with Crippen LogP contribution in [0.25, 0.3) is 0 Å². The van der Waals surface area contributed by atoms with Crippen molar-refractivity contribution in [2.24, 2.45) is 5.92 Å². The summed E-state index contributed by atoms with van der Waals surface area (Å²) in [4.78, 5) is 0. The zero-order valence-corrected chi connectivity index (χ0v) is 12.5. The molecule has 2 aromatic rings. The quantitative estimate of drug-likeness (QED) is 0.883. The summed E-state index contributed by atoms with van der Waals surface area (Å²) in [5, 5.41) is 3.56. The van der Waals surface area contributed by atoms with Crippen LogP contribution in [0.1, 0.15) is 36.1 Å². The largest absolute Gasteiger partial charge is 0.310 e. The number of rotatable bonds is 4. The SMILES string of the molecule is CCNC(c1cccc(F)c1)C1CCc2ccccc2C1. The summed E-state index contributed by atoms with van der Waals surface area (Å²) in [6.07, 6.45) is 3.35. The number of benzene rings is 2. The average molecular weight is 283 g/mol. The van der Waals surface area contributed by atoms with Crippen LogP contribution in [0.4, 0.5) is 4.39 Å². The predicted molar refractivity (Wildman–Crippen MR) is 84.8 cm³/mol. The molecule has 0 bridgehead atoms. The second-order valence-electron chi connectivity index (χ2n) is 5.86. The second-order valence-corrected chi connectivity index (χ2v) is 5.86. The molecule has 0 radical (unpaired) electrons. The molecular formula is C19H22FN. The van der Waals surface area contributed by atoms with E-state index in [-0.39, 0.29) is 11.9 Å². The van der Waals surface area contributed by atoms with Crippen LogP contribution in [0.5, 0.6) is 0 Å². The summed E-state index contributed by atoms with van der Waals surface area (Å²) in [5.74, 6) is 0.383. The van der Waals surface area contributed by atoms with Crippen molar-refractivity contribution in [3.05, 3.63) is 71.0 Å². The fourth-order valence-electron chi connectivity index (χ4n) is 3.49. The highest BCUT2D eigenvalue weighted by molar-refractivity contribution is 5.31. The lowest BCUT2D eigenvalue weighted by Crippen LogP contribution is -2.32. The molecule has 1 aliphatic rings. The Morgan fingerprint density at radius 2 is 1.95 bits per heavy atom. The normalized spacial score (nSPS) is 19.0. The van der Waals surface area contributed by atoms with Crippen molar-refractivity contribution in [2.75, 3.05) is 6.54 Å². The third-order valence-corrected chi connectivity index (χ3v) is 4.49. The van der Waals surface area contributed by atoms with Crippen LogP contribution >= 0.6 is 0 Å². The molecule has 0 saturated carbocycles. The summed E-state index contributed by atoms with van der Waals surface area (Å²) >= 11 is 0. The zero-order chi connectivity index (χ0) is 14.7. The topological polar surface area (TPSA) is 12.0 Å². The molecule has 1 nitrogen and oxygen atoms in total. The van der Waals surface area contributed by atoms with Gasteiger partial charge in [-0.1, -0.05) is 43.3 Å². The first kappa shape index (κ1) is 14.3. The lowest BCUT2D eigenvalue weighted by Gasteiger charge is -2.32. The number of nitrogens with one attached hydrogen (secondary N) is 1. The molecule has 0 spiro atoms. The number of halogens is 1. The summed E-state index contributed by atoms with van der Waals surface area (Å²) in [5.41, 5.74) is 4.00. The molecule has 0 saturated heterocycles. The zero-order valence-electron chi connectivity index (χ0n) is 12.5. The van der Waals surface area contributed by atoms with Crippen LogP contribution in [-0.2, 0) is 12.8 Å². The molecule has 1 aliphatic carbocycles. The van der Waals surface area contributed by atoms with Crippen molar-refractivity contribution in [2.45, 2.75) is 32.2 Å². The highest BCUT2D eigenvalue weighted by atomic mass is 19.1. The minimum absolute atomic E-state index is 0.147. The van der Waals surface area contributed by atoms with Gasteiger partial charge in [-0.25, -0.2) is 4.39 Å². The van der Waals surface area contributed by atoms with Crippen LogP contribution in [-0.4, -0.2) is 6.54 Å². The van der Waals surface area contributed by atoms with Crippen LogP contribution in [0.3, 0.4) is 0 Å². The fraction of sp³-hybridized carbons (Fsp3) is 0.368. The van der Waals surface area contributed by atoms with Crippen LogP contribution < -0.4 is 5.32 Å². The highest BCUT2D eigenvalue weighted by Gasteiger charge is 2.26. The van der Waals surface area contributed by atoms with Gasteiger partial charge < -0.3 is 5.32 Å². The summed E-state index contributed by atoms with van der Waals surface area (Å²) < 4.78 is 13.5. The lowest BCUT2D eigenvalue weighted by atomic mass is 9.78. The van der Waals surface area contributed by atoms with E-state index >= 15 is 0 Å².